The number of piperazine rings is 1. The highest BCUT2D eigenvalue weighted by Gasteiger charge is 2.29. The molecule has 0 saturated carbocycles. The quantitative estimate of drug-likeness (QED) is 0.732. The van der Waals surface area contributed by atoms with Crippen LogP contribution in [0.2, 0.25) is 0 Å². The molecule has 11 heteroatoms. The number of halogens is 1. The van der Waals surface area contributed by atoms with Gasteiger partial charge >= 0.3 is 0 Å². The van der Waals surface area contributed by atoms with Crippen LogP contribution in [0.1, 0.15) is 0 Å². The molecule has 0 atom stereocenters. The third kappa shape index (κ3) is 4.33. The number of rotatable bonds is 4. The molecule has 0 aromatic heterocycles. The van der Waals surface area contributed by atoms with Gasteiger partial charge in [0.1, 0.15) is 0 Å². The van der Waals surface area contributed by atoms with Crippen molar-refractivity contribution in [1.29, 1.82) is 0 Å². The number of hydrogen-bond donors (Lipinski definition) is 1. The maximum Gasteiger partial charge on any atom is 0.243 e. The fourth-order valence-corrected chi connectivity index (χ4v) is 5.60. The Morgan fingerprint density at radius 1 is 0.760 bits per heavy atom. The third-order valence-corrected chi connectivity index (χ3v) is 7.97. The highest BCUT2D eigenvalue weighted by Crippen LogP contribution is 2.21. The molecule has 2 aliphatic rings. The van der Waals surface area contributed by atoms with Crippen molar-refractivity contribution in [2.75, 3.05) is 52.5 Å². The second-order valence-corrected chi connectivity index (χ2v) is 9.52. The van der Waals surface area contributed by atoms with Gasteiger partial charge in [0, 0.05) is 39.3 Å². The Bertz CT molecular complexity index is 704. The molecular formula is C14H22ClN3O5S2. The van der Waals surface area contributed by atoms with Gasteiger partial charge < -0.3 is 10.1 Å². The molecule has 8 nitrogen and oxygen atoms in total. The van der Waals surface area contributed by atoms with E-state index < -0.39 is 20.0 Å². The van der Waals surface area contributed by atoms with Crippen molar-refractivity contribution in [3.05, 3.63) is 24.3 Å². The SMILES string of the molecule is Cl.O=S(=O)(c1ccc(S(=O)(=O)N2CCOCC2)cc1)N1CCNCC1. The number of nitrogens with zero attached hydrogens (tertiary/aromatic N) is 2. The van der Waals surface area contributed by atoms with Crippen molar-refractivity contribution in [3.8, 4) is 0 Å². The minimum atomic E-state index is -3.61. The van der Waals surface area contributed by atoms with Crippen LogP contribution in [0.3, 0.4) is 0 Å². The van der Waals surface area contributed by atoms with Crippen LogP contribution in [0.5, 0.6) is 0 Å². The molecule has 142 valence electrons. The van der Waals surface area contributed by atoms with Crippen molar-refractivity contribution < 1.29 is 21.6 Å². The molecule has 0 spiro atoms. The highest BCUT2D eigenvalue weighted by molar-refractivity contribution is 7.89. The molecule has 0 radical (unpaired) electrons. The number of hydrogen-bond acceptors (Lipinski definition) is 6. The fraction of sp³-hybridized carbons (Fsp3) is 0.571. The van der Waals surface area contributed by atoms with Crippen LogP contribution in [0.25, 0.3) is 0 Å². The highest BCUT2D eigenvalue weighted by atomic mass is 35.5. The predicted octanol–water partition coefficient (Wildman–Crippen LogP) is -0.277. The van der Waals surface area contributed by atoms with E-state index >= 15 is 0 Å². The van der Waals surface area contributed by atoms with Crippen molar-refractivity contribution in [2.24, 2.45) is 0 Å². The molecule has 0 unspecified atom stereocenters. The van der Waals surface area contributed by atoms with E-state index in [9.17, 15) is 16.8 Å². The maximum absolute atomic E-state index is 12.6. The van der Waals surface area contributed by atoms with Crippen LogP contribution in [-0.4, -0.2) is 77.9 Å². The summed E-state index contributed by atoms with van der Waals surface area (Å²) < 4.78 is 58.2. The Kier molecular flexibility index (Phi) is 6.82. The lowest BCUT2D eigenvalue weighted by molar-refractivity contribution is 0.0730. The normalized spacial score (nSPS) is 20.8. The molecule has 0 amide bonds. The van der Waals surface area contributed by atoms with Crippen LogP contribution < -0.4 is 5.32 Å². The van der Waals surface area contributed by atoms with Gasteiger partial charge in [-0.2, -0.15) is 8.61 Å². The second kappa shape index (κ2) is 8.30. The van der Waals surface area contributed by atoms with Gasteiger partial charge in [-0.25, -0.2) is 16.8 Å². The lowest BCUT2D eigenvalue weighted by atomic mass is 10.4. The van der Waals surface area contributed by atoms with E-state index in [-0.39, 0.29) is 22.2 Å². The van der Waals surface area contributed by atoms with Crippen LogP contribution >= 0.6 is 12.4 Å². The van der Waals surface area contributed by atoms with Gasteiger partial charge in [0.15, 0.2) is 0 Å². The first-order valence-corrected chi connectivity index (χ1v) is 10.7. The average molecular weight is 412 g/mol. The fourth-order valence-electron chi connectivity index (χ4n) is 2.75. The summed E-state index contributed by atoms with van der Waals surface area (Å²) in [6.45, 7) is 3.41. The van der Waals surface area contributed by atoms with E-state index in [1.165, 1.54) is 32.9 Å². The zero-order chi connectivity index (χ0) is 17.2. The van der Waals surface area contributed by atoms with Gasteiger partial charge in [-0.3, -0.25) is 0 Å². The molecule has 1 aromatic rings. The predicted molar refractivity (Wildman–Crippen MR) is 94.9 cm³/mol. The van der Waals surface area contributed by atoms with E-state index in [1.807, 2.05) is 0 Å². The van der Waals surface area contributed by atoms with Crippen molar-refractivity contribution in [3.63, 3.8) is 0 Å². The molecule has 0 bridgehead atoms. The Morgan fingerprint density at radius 2 is 1.16 bits per heavy atom. The van der Waals surface area contributed by atoms with Gasteiger partial charge in [-0.1, -0.05) is 0 Å². The lowest BCUT2D eigenvalue weighted by Gasteiger charge is -2.27. The smallest absolute Gasteiger partial charge is 0.243 e. The van der Waals surface area contributed by atoms with Gasteiger partial charge in [0.25, 0.3) is 0 Å². The number of nitrogens with one attached hydrogen (secondary N) is 1. The van der Waals surface area contributed by atoms with Gasteiger partial charge in [-0.05, 0) is 24.3 Å². The zero-order valence-corrected chi connectivity index (χ0v) is 16.1. The van der Waals surface area contributed by atoms with Gasteiger partial charge in [-0.15, -0.1) is 12.4 Å². The molecule has 3 rings (SSSR count). The first-order valence-electron chi connectivity index (χ1n) is 7.81. The largest absolute Gasteiger partial charge is 0.379 e. The van der Waals surface area contributed by atoms with Crippen LogP contribution in [0, 0.1) is 0 Å². The average Bonchev–Trinajstić information content (AvgIpc) is 2.63. The second-order valence-electron chi connectivity index (χ2n) is 5.64. The number of sulfonamides is 2. The van der Waals surface area contributed by atoms with Crippen molar-refractivity contribution in [1.82, 2.24) is 13.9 Å². The first-order chi connectivity index (χ1) is 11.4. The van der Waals surface area contributed by atoms with Gasteiger partial charge in [0.05, 0.1) is 23.0 Å². The van der Waals surface area contributed by atoms with Crippen molar-refractivity contribution in [2.45, 2.75) is 9.79 Å². The van der Waals surface area contributed by atoms with Crippen LogP contribution in [0.4, 0.5) is 0 Å². The van der Waals surface area contributed by atoms with Crippen LogP contribution in [0.15, 0.2) is 34.1 Å². The molecule has 2 saturated heterocycles. The third-order valence-electron chi connectivity index (χ3n) is 4.15. The number of ether oxygens (including phenoxy) is 1. The van der Waals surface area contributed by atoms with Crippen molar-refractivity contribution >= 4 is 32.5 Å². The Balaban J connectivity index is 0.00000225. The summed E-state index contributed by atoms with van der Waals surface area (Å²) in [5.41, 5.74) is 0. The van der Waals surface area contributed by atoms with Crippen LogP contribution in [-0.2, 0) is 24.8 Å². The number of benzene rings is 1. The molecular weight excluding hydrogens is 390 g/mol. The summed E-state index contributed by atoms with van der Waals surface area (Å²) in [5.74, 6) is 0. The van der Waals surface area contributed by atoms with E-state index in [4.69, 9.17) is 4.74 Å². The Hall–Kier alpha value is -0.750. The van der Waals surface area contributed by atoms with E-state index in [0.29, 0.717) is 52.5 Å². The topological polar surface area (TPSA) is 96.0 Å². The standard InChI is InChI=1S/C14H21N3O5S2.ClH/c18-23(19,16-7-5-15-6-8-16)13-1-3-14(4-2-13)24(20,21)17-9-11-22-12-10-17;/h1-4,15H,5-12H2;1H. The molecule has 2 heterocycles. The summed E-state index contributed by atoms with van der Waals surface area (Å²) in [6, 6.07) is 5.45. The molecule has 0 aliphatic carbocycles. The number of morpholine rings is 1. The molecule has 1 aromatic carbocycles. The van der Waals surface area contributed by atoms with Gasteiger partial charge in [0.2, 0.25) is 20.0 Å². The minimum Gasteiger partial charge on any atom is -0.379 e. The Labute approximate surface area is 154 Å². The monoisotopic (exact) mass is 411 g/mol. The maximum atomic E-state index is 12.6. The molecule has 2 aliphatic heterocycles. The van der Waals surface area contributed by atoms with E-state index in [1.54, 1.807) is 0 Å². The molecule has 2 fully saturated rings. The summed E-state index contributed by atoms with van der Waals surface area (Å²) in [7, 11) is -7.20. The lowest BCUT2D eigenvalue weighted by Crippen LogP contribution is -2.46. The molecule has 1 N–H and O–H groups in total. The summed E-state index contributed by atoms with van der Waals surface area (Å²) >= 11 is 0. The summed E-state index contributed by atoms with van der Waals surface area (Å²) in [4.78, 5) is 0.217. The summed E-state index contributed by atoms with van der Waals surface area (Å²) in [5, 5.41) is 3.10. The minimum absolute atomic E-state index is 0. The first kappa shape index (κ1) is 20.6. The molecule has 25 heavy (non-hydrogen) atoms. The zero-order valence-electron chi connectivity index (χ0n) is 13.6. The van der Waals surface area contributed by atoms with E-state index in [0.717, 1.165) is 0 Å². The van der Waals surface area contributed by atoms with E-state index in [2.05, 4.69) is 5.32 Å². The summed E-state index contributed by atoms with van der Waals surface area (Å²) in [6.07, 6.45) is 0. The Morgan fingerprint density at radius 3 is 1.60 bits per heavy atom.